The molecule has 0 spiro atoms. The number of aliphatic hydroxyl groups is 1. The van der Waals surface area contributed by atoms with E-state index in [1.54, 1.807) is 0 Å². The summed E-state index contributed by atoms with van der Waals surface area (Å²) < 4.78 is 8.06. The first-order chi connectivity index (χ1) is 4.57. The summed E-state index contributed by atoms with van der Waals surface area (Å²) in [7, 11) is 0. The molecule has 3 N–H and O–H groups in total. The summed E-state index contributed by atoms with van der Waals surface area (Å²) in [5, 5.41) is 8.83. The van der Waals surface area contributed by atoms with E-state index in [0.717, 1.165) is 0 Å². The van der Waals surface area contributed by atoms with E-state index in [9.17, 15) is 9.59 Å². The fourth-order valence-corrected chi connectivity index (χ4v) is 0.477. The van der Waals surface area contributed by atoms with E-state index >= 15 is 0 Å². The molecular formula is C4H5NO5. The molecule has 1 saturated heterocycles. The number of cyclic esters (lactones) is 2. The van der Waals surface area contributed by atoms with Gasteiger partial charge in [-0.1, -0.05) is 0 Å². The van der Waals surface area contributed by atoms with Gasteiger partial charge in [0, 0.05) is 0 Å². The zero-order valence-electron chi connectivity index (χ0n) is 4.86. The molecule has 0 aliphatic carbocycles. The molecule has 0 atom stereocenters. The fourth-order valence-electron chi connectivity index (χ4n) is 0.477. The summed E-state index contributed by atoms with van der Waals surface area (Å²) in [4.78, 5) is 20.5. The molecule has 6 nitrogen and oxygen atoms in total. The third-order valence-corrected chi connectivity index (χ3v) is 0.929. The second kappa shape index (κ2) is 1.93. The molecule has 1 fully saturated rings. The summed E-state index contributed by atoms with van der Waals surface area (Å²) in [6, 6.07) is 0. The van der Waals surface area contributed by atoms with Crippen molar-refractivity contribution in [1.82, 2.24) is 0 Å². The smallest absolute Gasteiger partial charge is 0.388 e. The molecule has 1 aliphatic rings. The van der Waals surface area contributed by atoms with Crippen LogP contribution in [0.15, 0.2) is 0 Å². The molecule has 1 heterocycles. The van der Waals surface area contributed by atoms with Gasteiger partial charge in [-0.25, -0.2) is 9.59 Å². The number of hydrogen-bond donors (Lipinski definition) is 2. The van der Waals surface area contributed by atoms with Crippen LogP contribution in [-0.2, 0) is 19.1 Å². The maximum Gasteiger partial charge on any atom is 0.422 e. The number of rotatable bonds is 1. The first-order valence-electron chi connectivity index (χ1n) is 2.46. The summed E-state index contributed by atoms with van der Waals surface area (Å²) >= 11 is 0. The Bertz CT molecular complexity index is 172. The largest absolute Gasteiger partial charge is 0.422 e. The normalized spacial score (nSPS) is 22.2. The summed E-state index contributed by atoms with van der Waals surface area (Å²) in [6.45, 7) is -0.468. The average molecular weight is 147 g/mol. The molecule has 0 saturated carbocycles. The lowest BCUT2D eigenvalue weighted by molar-refractivity contribution is -0.284. The molecule has 0 aromatic carbocycles. The molecule has 0 unspecified atom stereocenters. The SMILES string of the molecule is NCC1(O)OC(=O)C(=O)O1. The van der Waals surface area contributed by atoms with Gasteiger partial charge in [-0.05, 0) is 0 Å². The van der Waals surface area contributed by atoms with E-state index in [0.29, 0.717) is 0 Å². The Morgan fingerprint density at radius 1 is 1.40 bits per heavy atom. The zero-order chi connectivity index (χ0) is 7.78. The highest BCUT2D eigenvalue weighted by Gasteiger charge is 2.46. The van der Waals surface area contributed by atoms with E-state index in [1.807, 2.05) is 0 Å². The predicted octanol–water partition coefficient (Wildman–Crippen LogP) is -2.31. The zero-order valence-corrected chi connectivity index (χ0v) is 4.86. The fraction of sp³-hybridized carbons (Fsp3) is 0.500. The third-order valence-electron chi connectivity index (χ3n) is 0.929. The standard InChI is InChI=1S/C4H5NO5/c5-1-4(8)9-2(6)3(7)10-4/h8H,1,5H2. The molecule has 0 aromatic heterocycles. The number of ether oxygens (including phenoxy) is 2. The van der Waals surface area contributed by atoms with Crippen LogP contribution in [0.1, 0.15) is 0 Å². The number of nitrogens with two attached hydrogens (primary N) is 1. The van der Waals surface area contributed by atoms with E-state index in [1.165, 1.54) is 0 Å². The highest BCUT2D eigenvalue weighted by molar-refractivity contribution is 6.31. The third kappa shape index (κ3) is 0.937. The van der Waals surface area contributed by atoms with Gasteiger partial charge in [-0.15, -0.1) is 0 Å². The number of carbonyl (C=O) groups is 2. The monoisotopic (exact) mass is 147 g/mol. The van der Waals surface area contributed by atoms with E-state index < -0.39 is 24.5 Å². The van der Waals surface area contributed by atoms with Crippen molar-refractivity contribution in [2.75, 3.05) is 6.54 Å². The van der Waals surface area contributed by atoms with Crippen LogP contribution in [0.4, 0.5) is 0 Å². The van der Waals surface area contributed by atoms with Gasteiger partial charge in [0.05, 0.1) is 0 Å². The highest BCUT2D eigenvalue weighted by Crippen LogP contribution is 2.15. The molecule has 0 amide bonds. The maximum atomic E-state index is 10.2. The Balaban J connectivity index is 2.73. The van der Waals surface area contributed by atoms with Crippen molar-refractivity contribution in [3.05, 3.63) is 0 Å². The van der Waals surface area contributed by atoms with Crippen LogP contribution in [0.25, 0.3) is 0 Å². The molecule has 0 radical (unpaired) electrons. The van der Waals surface area contributed by atoms with Crippen LogP contribution in [0.3, 0.4) is 0 Å². The van der Waals surface area contributed by atoms with Gasteiger partial charge in [-0.2, -0.15) is 0 Å². The van der Waals surface area contributed by atoms with Gasteiger partial charge in [0.25, 0.3) is 0 Å². The quantitative estimate of drug-likeness (QED) is 0.319. The highest BCUT2D eigenvalue weighted by atomic mass is 16.9. The van der Waals surface area contributed by atoms with Crippen LogP contribution in [-0.4, -0.2) is 29.6 Å². The van der Waals surface area contributed by atoms with Crippen molar-refractivity contribution in [1.29, 1.82) is 0 Å². The van der Waals surface area contributed by atoms with Crippen LogP contribution in [0.2, 0.25) is 0 Å². The first-order valence-corrected chi connectivity index (χ1v) is 2.46. The minimum absolute atomic E-state index is 0.468. The minimum atomic E-state index is -2.24. The van der Waals surface area contributed by atoms with E-state index in [4.69, 9.17) is 10.8 Å². The van der Waals surface area contributed by atoms with Gasteiger partial charge in [0.15, 0.2) is 0 Å². The second-order valence-electron chi connectivity index (χ2n) is 1.70. The molecule has 0 bridgehead atoms. The van der Waals surface area contributed by atoms with E-state index in [-0.39, 0.29) is 0 Å². The number of carbonyl (C=O) groups excluding carboxylic acids is 2. The van der Waals surface area contributed by atoms with Gasteiger partial charge >= 0.3 is 17.9 Å². The summed E-state index contributed by atoms with van der Waals surface area (Å²) in [6.07, 6.45) is 0. The Kier molecular flexibility index (Phi) is 1.34. The Morgan fingerprint density at radius 3 is 2.00 bits per heavy atom. The average Bonchev–Trinajstić information content (AvgIpc) is 2.10. The Morgan fingerprint density at radius 2 is 1.80 bits per heavy atom. The van der Waals surface area contributed by atoms with Crippen molar-refractivity contribution < 1.29 is 24.2 Å². The van der Waals surface area contributed by atoms with Gasteiger partial charge in [0.2, 0.25) is 0 Å². The lowest BCUT2D eigenvalue weighted by Gasteiger charge is -2.14. The van der Waals surface area contributed by atoms with Crippen LogP contribution in [0, 0.1) is 0 Å². The maximum absolute atomic E-state index is 10.2. The van der Waals surface area contributed by atoms with Crippen molar-refractivity contribution in [2.45, 2.75) is 5.97 Å². The molecule has 1 aliphatic heterocycles. The van der Waals surface area contributed by atoms with Gasteiger partial charge in [-0.3, -0.25) is 0 Å². The van der Waals surface area contributed by atoms with Crippen LogP contribution < -0.4 is 5.73 Å². The summed E-state index contributed by atoms with van der Waals surface area (Å²) in [5.41, 5.74) is 4.89. The van der Waals surface area contributed by atoms with Crippen molar-refractivity contribution in [3.63, 3.8) is 0 Å². The minimum Gasteiger partial charge on any atom is -0.388 e. The molecule has 10 heavy (non-hydrogen) atoms. The van der Waals surface area contributed by atoms with Crippen LogP contribution >= 0.6 is 0 Å². The number of hydrogen-bond acceptors (Lipinski definition) is 6. The molecular weight excluding hydrogens is 142 g/mol. The molecule has 56 valence electrons. The Labute approximate surface area is 55.5 Å². The Hall–Kier alpha value is -1.14. The second-order valence-corrected chi connectivity index (χ2v) is 1.70. The van der Waals surface area contributed by atoms with Crippen molar-refractivity contribution >= 4 is 11.9 Å². The van der Waals surface area contributed by atoms with Crippen molar-refractivity contribution in [2.24, 2.45) is 5.73 Å². The molecule has 0 aromatic rings. The lowest BCUT2D eigenvalue weighted by atomic mass is 10.6. The van der Waals surface area contributed by atoms with Gasteiger partial charge < -0.3 is 20.3 Å². The van der Waals surface area contributed by atoms with Gasteiger partial charge in [0.1, 0.15) is 6.54 Å². The lowest BCUT2D eigenvalue weighted by Crippen LogP contribution is -2.38. The molecule has 6 heteroatoms. The molecule has 1 rings (SSSR count). The first kappa shape index (κ1) is 6.97. The topological polar surface area (TPSA) is 98.9 Å². The van der Waals surface area contributed by atoms with Crippen LogP contribution in [0.5, 0.6) is 0 Å². The summed E-state index contributed by atoms with van der Waals surface area (Å²) in [5.74, 6) is -4.70. The van der Waals surface area contributed by atoms with E-state index in [2.05, 4.69) is 9.47 Å². The van der Waals surface area contributed by atoms with Crippen molar-refractivity contribution in [3.8, 4) is 0 Å². The number of esters is 2. The predicted molar refractivity (Wildman–Crippen MR) is 26.2 cm³/mol.